The van der Waals surface area contributed by atoms with Gasteiger partial charge in [0.15, 0.2) is 16.9 Å². The van der Waals surface area contributed by atoms with Gasteiger partial charge in [0.05, 0.1) is 11.4 Å². The Bertz CT molecular complexity index is 746. The van der Waals surface area contributed by atoms with Crippen molar-refractivity contribution < 1.29 is 13.2 Å². The van der Waals surface area contributed by atoms with Gasteiger partial charge < -0.3 is 0 Å². The molecule has 4 aliphatic carbocycles. The van der Waals surface area contributed by atoms with Gasteiger partial charge in [-0.2, -0.15) is 0 Å². The first kappa shape index (κ1) is 15.3. The summed E-state index contributed by atoms with van der Waals surface area (Å²) in [5.41, 5.74) is 4.00. The number of carbonyl (C=O) groups excluding carboxylic acids is 1. The first-order valence-electron chi connectivity index (χ1n) is 9.26. The number of fused-ring (bicyclic) bond motifs is 5. The topological polar surface area (TPSA) is 43.4 Å². The summed E-state index contributed by atoms with van der Waals surface area (Å²) in [6.45, 7) is 2.33. The summed E-state index contributed by atoms with van der Waals surface area (Å²) in [6, 6.07) is 0. The van der Waals surface area contributed by atoms with Crippen LogP contribution in [0.2, 0.25) is 0 Å². The van der Waals surface area contributed by atoms with E-state index >= 15 is 0 Å². The average molecular weight is 344 g/mol. The van der Waals surface area contributed by atoms with Crippen molar-refractivity contribution in [3.8, 4) is 0 Å². The summed E-state index contributed by atoms with van der Waals surface area (Å²) in [5.74, 6) is 2.14. The van der Waals surface area contributed by atoms with E-state index in [-0.39, 0.29) is 11.0 Å². The first-order valence-corrected chi connectivity index (χ1v) is 10.5. The molecule has 1 aliphatic heterocycles. The molecule has 24 heavy (non-hydrogen) atoms. The van der Waals surface area contributed by atoms with Crippen molar-refractivity contribution in [3.05, 3.63) is 34.9 Å². The van der Waals surface area contributed by atoms with Crippen molar-refractivity contribution in [2.24, 2.45) is 17.3 Å². The maximum Gasteiger partial charge on any atom is 0.156 e. The molecule has 5 rings (SSSR count). The second-order valence-electron chi connectivity index (χ2n) is 8.31. The molecule has 0 bridgehead atoms. The molecule has 1 saturated carbocycles. The molecule has 0 amide bonds. The minimum atomic E-state index is -1.11. The van der Waals surface area contributed by atoms with Crippen LogP contribution in [0.25, 0.3) is 0 Å². The summed E-state index contributed by atoms with van der Waals surface area (Å²) in [6.07, 6.45) is 13.5. The SMILES string of the molecule is CC12C=CC3=C4CCC(=O)C=C4CCC3C1CC[C@@]21CCS(=O)O1. The minimum Gasteiger partial charge on any atom is -0.295 e. The molecular weight excluding hydrogens is 320 g/mol. The van der Waals surface area contributed by atoms with Crippen LogP contribution in [0.5, 0.6) is 0 Å². The Balaban J connectivity index is 1.60. The zero-order valence-electron chi connectivity index (χ0n) is 14.2. The largest absolute Gasteiger partial charge is 0.295 e. The molecule has 5 aliphatic rings. The normalized spacial score (nSPS) is 46.8. The lowest BCUT2D eigenvalue weighted by molar-refractivity contribution is -0.114. The van der Waals surface area contributed by atoms with Crippen LogP contribution in [0.3, 0.4) is 0 Å². The molecule has 5 atom stereocenters. The third-order valence-corrected chi connectivity index (χ3v) is 8.49. The lowest BCUT2D eigenvalue weighted by atomic mass is 9.58. The van der Waals surface area contributed by atoms with Gasteiger partial charge in [-0.1, -0.05) is 19.1 Å². The third-order valence-electron chi connectivity index (χ3n) is 7.45. The quantitative estimate of drug-likeness (QED) is 0.671. The number of carbonyl (C=O) groups is 1. The molecule has 0 aromatic carbocycles. The van der Waals surface area contributed by atoms with E-state index in [1.807, 2.05) is 6.08 Å². The summed E-state index contributed by atoms with van der Waals surface area (Å²) < 4.78 is 18.0. The Labute approximate surface area is 145 Å². The maximum atomic E-state index is 11.9. The smallest absolute Gasteiger partial charge is 0.156 e. The Hall–Kier alpha value is -1.00. The molecule has 4 heteroatoms. The molecule has 0 N–H and O–H groups in total. The Morgan fingerprint density at radius 1 is 1.21 bits per heavy atom. The van der Waals surface area contributed by atoms with Gasteiger partial charge >= 0.3 is 0 Å². The molecule has 1 saturated heterocycles. The van der Waals surface area contributed by atoms with E-state index in [0.29, 0.717) is 29.8 Å². The van der Waals surface area contributed by atoms with Gasteiger partial charge in [-0.3, -0.25) is 8.98 Å². The van der Waals surface area contributed by atoms with Gasteiger partial charge in [-0.25, -0.2) is 4.21 Å². The van der Waals surface area contributed by atoms with Crippen LogP contribution in [0.1, 0.15) is 51.9 Å². The van der Waals surface area contributed by atoms with Gasteiger partial charge in [0, 0.05) is 11.8 Å². The minimum absolute atomic E-state index is 0.000406. The lowest BCUT2D eigenvalue weighted by Crippen LogP contribution is -2.47. The molecule has 0 aromatic heterocycles. The van der Waals surface area contributed by atoms with Gasteiger partial charge in [-0.05, 0) is 73.2 Å². The Morgan fingerprint density at radius 2 is 2.08 bits per heavy atom. The molecule has 4 unspecified atom stereocenters. The monoisotopic (exact) mass is 344 g/mol. The van der Waals surface area contributed by atoms with Crippen LogP contribution in [-0.4, -0.2) is 21.3 Å². The number of rotatable bonds is 0. The number of allylic oxidation sites excluding steroid dienone is 5. The fraction of sp³-hybridized carbons (Fsp3) is 0.650. The summed E-state index contributed by atoms with van der Waals surface area (Å²) in [4.78, 5) is 11.7. The molecule has 1 heterocycles. The molecule has 2 fully saturated rings. The number of hydrogen-bond donors (Lipinski definition) is 0. The summed E-state index contributed by atoms with van der Waals surface area (Å²) in [7, 11) is 0. The van der Waals surface area contributed by atoms with Crippen molar-refractivity contribution in [3.63, 3.8) is 0 Å². The highest BCUT2D eigenvalue weighted by Gasteiger charge is 2.63. The maximum absolute atomic E-state index is 11.9. The van der Waals surface area contributed by atoms with Crippen molar-refractivity contribution in [1.82, 2.24) is 0 Å². The standard InChI is InChI=1S/C20H24O3S/c1-19-8-6-16-15-5-3-14(21)12-13(15)2-4-17(16)18(19)7-9-20(19)10-11-24(22)23-20/h6,8,12,17-18H,2-5,7,9-11H2,1H3/t17?,18?,19?,20-,24?/m1/s1. The van der Waals surface area contributed by atoms with Crippen LogP contribution < -0.4 is 0 Å². The highest BCUT2D eigenvalue weighted by atomic mass is 32.2. The van der Waals surface area contributed by atoms with Crippen LogP contribution in [0, 0.1) is 17.3 Å². The van der Waals surface area contributed by atoms with E-state index in [2.05, 4.69) is 19.1 Å². The first-order chi connectivity index (χ1) is 11.5. The van der Waals surface area contributed by atoms with Gasteiger partial charge in [-0.15, -0.1) is 0 Å². The van der Waals surface area contributed by atoms with E-state index in [1.165, 1.54) is 16.7 Å². The zero-order valence-corrected chi connectivity index (χ0v) is 15.0. The molecule has 0 radical (unpaired) electrons. The Morgan fingerprint density at radius 3 is 2.88 bits per heavy atom. The molecule has 1 spiro atoms. The highest BCUT2D eigenvalue weighted by Crippen LogP contribution is 2.64. The van der Waals surface area contributed by atoms with E-state index < -0.39 is 11.1 Å². The summed E-state index contributed by atoms with van der Waals surface area (Å²) >= 11 is -1.11. The predicted molar refractivity (Wildman–Crippen MR) is 93.5 cm³/mol. The molecular formula is C20H24O3S. The second kappa shape index (κ2) is 5.01. The van der Waals surface area contributed by atoms with E-state index in [4.69, 9.17) is 4.18 Å². The van der Waals surface area contributed by atoms with Gasteiger partial charge in [0.25, 0.3) is 0 Å². The van der Waals surface area contributed by atoms with Crippen LogP contribution in [0.4, 0.5) is 0 Å². The number of hydrogen-bond acceptors (Lipinski definition) is 3. The van der Waals surface area contributed by atoms with E-state index in [0.717, 1.165) is 38.5 Å². The fourth-order valence-electron chi connectivity index (χ4n) is 6.14. The van der Waals surface area contributed by atoms with Crippen molar-refractivity contribution in [2.45, 2.75) is 57.5 Å². The second-order valence-corrected chi connectivity index (χ2v) is 9.49. The van der Waals surface area contributed by atoms with Gasteiger partial charge in [0.1, 0.15) is 0 Å². The van der Waals surface area contributed by atoms with Crippen LogP contribution in [-0.2, 0) is 20.1 Å². The van der Waals surface area contributed by atoms with E-state index in [1.54, 1.807) is 0 Å². The fourth-order valence-corrected chi connectivity index (χ4v) is 7.42. The average Bonchev–Trinajstić information content (AvgIpc) is 3.08. The van der Waals surface area contributed by atoms with Crippen LogP contribution in [0.15, 0.2) is 34.9 Å². The van der Waals surface area contributed by atoms with E-state index in [9.17, 15) is 9.00 Å². The van der Waals surface area contributed by atoms with Gasteiger partial charge in [0.2, 0.25) is 0 Å². The Kier molecular flexibility index (Phi) is 3.19. The summed E-state index contributed by atoms with van der Waals surface area (Å²) in [5, 5.41) is 0. The number of ketones is 1. The highest BCUT2D eigenvalue weighted by molar-refractivity contribution is 7.80. The van der Waals surface area contributed by atoms with Crippen molar-refractivity contribution in [1.29, 1.82) is 0 Å². The van der Waals surface area contributed by atoms with Crippen molar-refractivity contribution >= 4 is 16.9 Å². The lowest BCUT2D eigenvalue weighted by Gasteiger charge is -2.48. The zero-order chi connectivity index (χ0) is 16.5. The van der Waals surface area contributed by atoms with Crippen LogP contribution >= 0.6 is 0 Å². The molecule has 3 nitrogen and oxygen atoms in total. The molecule has 0 aromatic rings. The molecule has 128 valence electrons. The predicted octanol–water partition coefficient (Wildman–Crippen LogP) is 3.79. The third kappa shape index (κ3) is 1.87. The van der Waals surface area contributed by atoms with Crippen molar-refractivity contribution in [2.75, 3.05) is 5.75 Å².